The lowest BCUT2D eigenvalue weighted by molar-refractivity contribution is -0.137. The van der Waals surface area contributed by atoms with Crippen LogP contribution in [0.1, 0.15) is 88.4 Å². The minimum absolute atomic E-state index is 0.102. The molecule has 0 bridgehead atoms. The van der Waals surface area contributed by atoms with E-state index in [4.69, 9.17) is 14.5 Å². The van der Waals surface area contributed by atoms with Crippen LogP contribution in [0.2, 0.25) is 0 Å². The van der Waals surface area contributed by atoms with Crippen molar-refractivity contribution < 1.29 is 28.7 Å². The van der Waals surface area contributed by atoms with Gasteiger partial charge in [-0.1, -0.05) is 51.8 Å². The number of likely N-dealkylation sites (tertiary alicyclic amines) is 2. The number of hydrogen-bond acceptors (Lipinski definition) is 8. The molecule has 0 unspecified atom stereocenters. The fourth-order valence-electron chi connectivity index (χ4n) is 8.61. The highest BCUT2D eigenvalue weighted by atomic mass is 16.5. The molecular formula is C42H48N8O6. The number of nitrogens with zero attached hydrogens (tertiary/aromatic N) is 4. The highest BCUT2D eigenvalue weighted by molar-refractivity contribution is 5.89. The van der Waals surface area contributed by atoms with Crippen LogP contribution in [0.4, 0.5) is 9.59 Å². The number of carbonyl (C=O) groups excluding carboxylic acids is 4. The van der Waals surface area contributed by atoms with Crippen LogP contribution >= 0.6 is 0 Å². The molecule has 0 spiro atoms. The van der Waals surface area contributed by atoms with E-state index < -0.39 is 24.3 Å². The number of H-pyrrole nitrogens is 2. The number of amides is 4. The molecule has 2 saturated carbocycles. The summed E-state index contributed by atoms with van der Waals surface area (Å²) in [6, 6.07) is 10.9. The van der Waals surface area contributed by atoms with Crippen molar-refractivity contribution >= 4 is 34.8 Å². The number of nitrogens with one attached hydrogen (secondary N) is 4. The molecule has 4 heterocycles. The second-order valence-electron chi connectivity index (χ2n) is 16.2. The zero-order valence-corrected chi connectivity index (χ0v) is 32.5. The third kappa shape index (κ3) is 7.06. The van der Waals surface area contributed by atoms with Gasteiger partial charge in [0.25, 0.3) is 0 Å². The molecule has 2 saturated heterocycles. The van der Waals surface area contributed by atoms with E-state index >= 15 is 0 Å². The Bertz CT molecular complexity index is 2250. The second kappa shape index (κ2) is 14.7. The Hall–Kier alpha value is -5.84. The van der Waals surface area contributed by atoms with Crippen molar-refractivity contribution in [3.63, 3.8) is 0 Å². The van der Waals surface area contributed by atoms with Gasteiger partial charge in [0, 0.05) is 23.2 Å². The summed E-state index contributed by atoms with van der Waals surface area (Å²) in [5.74, 6) is 8.35. The average Bonchev–Trinajstić information content (AvgIpc) is 3.79. The van der Waals surface area contributed by atoms with Crippen LogP contribution in [0.3, 0.4) is 0 Å². The van der Waals surface area contributed by atoms with Crippen LogP contribution in [-0.4, -0.2) is 92.1 Å². The number of piperidine rings is 2. The molecule has 8 rings (SSSR count). The van der Waals surface area contributed by atoms with E-state index in [1.54, 1.807) is 6.20 Å². The van der Waals surface area contributed by atoms with Crippen LogP contribution in [0.15, 0.2) is 48.8 Å². The minimum Gasteiger partial charge on any atom is -0.453 e. The third-order valence-corrected chi connectivity index (χ3v) is 11.8. The Kier molecular flexibility index (Phi) is 9.72. The van der Waals surface area contributed by atoms with Gasteiger partial charge in [0.2, 0.25) is 11.8 Å². The summed E-state index contributed by atoms with van der Waals surface area (Å²) in [5, 5.41) is 7.53. The van der Waals surface area contributed by atoms with Gasteiger partial charge in [-0.15, -0.1) is 0 Å². The number of ether oxygens (including phenoxy) is 2. The molecule has 2 aromatic heterocycles. The molecule has 2 aromatic carbocycles. The first-order chi connectivity index (χ1) is 26.9. The topological polar surface area (TPSA) is 175 Å². The Balaban J connectivity index is 0.951. The predicted octanol–water partition coefficient (Wildman–Crippen LogP) is 5.44. The average molecular weight is 761 g/mol. The lowest BCUT2D eigenvalue weighted by Gasteiger charge is -2.31. The Morgan fingerprint density at radius 1 is 0.714 bits per heavy atom. The number of fused-ring (bicyclic) bond motifs is 3. The maximum absolute atomic E-state index is 13.8. The molecule has 4 N–H and O–H groups in total. The van der Waals surface area contributed by atoms with Crippen LogP contribution in [0, 0.1) is 35.5 Å². The summed E-state index contributed by atoms with van der Waals surface area (Å²) in [7, 11) is 2.59. The molecule has 8 atom stereocenters. The maximum atomic E-state index is 13.8. The third-order valence-electron chi connectivity index (χ3n) is 11.8. The number of hydrogen-bond donors (Lipinski definition) is 4. The van der Waals surface area contributed by atoms with Gasteiger partial charge < -0.3 is 39.9 Å². The van der Waals surface area contributed by atoms with Crippen molar-refractivity contribution in [2.24, 2.45) is 23.7 Å². The van der Waals surface area contributed by atoms with Gasteiger partial charge >= 0.3 is 12.2 Å². The summed E-state index contributed by atoms with van der Waals surface area (Å²) in [4.78, 5) is 71.6. The van der Waals surface area contributed by atoms with Gasteiger partial charge in [0.05, 0.1) is 44.4 Å². The standard InChI is InChI=1S/C42H48N8O6/c1-21(2)35(47-41(53)55-5)39(51)49-31-15-27(31)17-33(49)37-43-19-29(45-37)12-8-23-7-9-25-14-26(11-10-24(25)13-23)30-20-44-38(46-30)34-18-28-16-32(28)50(34)40(52)36(22(3)4)48-42(54)56-6/h7,9-11,13-14,19-22,27-28,31-36H,15-18H2,1-6H3,(H,43,45)(H,44,46)(H,47,53)(H,48,54)/t27-,28-,31-,32-,33+,34+,35+,36+/m1/s1. The van der Waals surface area contributed by atoms with E-state index in [0.717, 1.165) is 59.1 Å². The first kappa shape index (κ1) is 37.1. The molecule has 14 heteroatoms. The van der Waals surface area contributed by atoms with Crippen molar-refractivity contribution in [2.45, 2.75) is 89.6 Å². The number of benzene rings is 2. The maximum Gasteiger partial charge on any atom is 0.407 e. The molecule has 4 aromatic rings. The van der Waals surface area contributed by atoms with Crippen LogP contribution in [0.25, 0.3) is 22.0 Å². The summed E-state index contributed by atoms with van der Waals surface area (Å²) >= 11 is 0. The first-order valence-electron chi connectivity index (χ1n) is 19.4. The lowest BCUT2D eigenvalue weighted by Crippen LogP contribution is -2.52. The highest BCUT2D eigenvalue weighted by Gasteiger charge is 2.57. The molecule has 4 fully saturated rings. The fourth-order valence-corrected chi connectivity index (χ4v) is 8.61. The van der Waals surface area contributed by atoms with Crippen molar-refractivity contribution in [2.75, 3.05) is 14.2 Å². The largest absolute Gasteiger partial charge is 0.453 e. The minimum atomic E-state index is -0.688. The van der Waals surface area contributed by atoms with Gasteiger partial charge in [-0.3, -0.25) is 9.59 Å². The molecule has 4 aliphatic rings. The van der Waals surface area contributed by atoms with Crippen LogP contribution in [-0.2, 0) is 19.1 Å². The van der Waals surface area contributed by atoms with E-state index in [1.165, 1.54) is 14.2 Å². The van der Waals surface area contributed by atoms with Crippen LogP contribution < -0.4 is 10.6 Å². The molecule has 2 aliphatic carbocycles. The van der Waals surface area contributed by atoms with E-state index in [2.05, 4.69) is 55.6 Å². The molecule has 292 valence electrons. The van der Waals surface area contributed by atoms with Crippen LogP contribution in [0.5, 0.6) is 0 Å². The monoisotopic (exact) mass is 760 g/mol. The Morgan fingerprint density at radius 3 is 1.82 bits per heavy atom. The second-order valence-corrected chi connectivity index (χ2v) is 16.2. The summed E-state index contributed by atoms with van der Waals surface area (Å²) in [5.41, 5.74) is 3.35. The van der Waals surface area contributed by atoms with E-state index in [0.29, 0.717) is 23.4 Å². The predicted molar refractivity (Wildman–Crippen MR) is 207 cm³/mol. The quantitative estimate of drug-likeness (QED) is 0.163. The number of methoxy groups -OCH3 is 2. The van der Waals surface area contributed by atoms with Gasteiger partial charge in [-0.25, -0.2) is 19.6 Å². The smallest absolute Gasteiger partial charge is 0.407 e. The first-order valence-corrected chi connectivity index (χ1v) is 19.4. The molecule has 4 amide bonds. The number of aromatic nitrogens is 4. The van der Waals surface area contributed by atoms with Gasteiger partial charge in [0.1, 0.15) is 29.4 Å². The lowest BCUT2D eigenvalue weighted by atomic mass is 10.0. The molecule has 0 radical (unpaired) electrons. The summed E-state index contributed by atoms with van der Waals surface area (Å²) in [6.45, 7) is 7.65. The number of aromatic amines is 2. The fraction of sp³-hybridized carbons (Fsp3) is 0.476. The zero-order chi connectivity index (χ0) is 39.4. The summed E-state index contributed by atoms with van der Waals surface area (Å²) in [6.07, 6.45) is 5.88. The van der Waals surface area contributed by atoms with Gasteiger partial charge in [-0.05, 0) is 84.2 Å². The SMILES string of the molecule is COC(=O)N[C@H](C(=O)N1[C@@H]2C[C@@H]2C[C@H]1c1ncc(C#Cc2ccc3cc(-c4cnc([C@@H]5C[C@H]6C[C@H]6N5C(=O)[C@@H](NC(=O)OC)C(C)C)[nH]4)ccc3c2)[nH]1)C(C)C. The molecule has 14 nitrogen and oxygen atoms in total. The number of imidazole rings is 2. The van der Waals surface area contributed by atoms with E-state index in [9.17, 15) is 19.2 Å². The van der Waals surface area contributed by atoms with Gasteiger partial charge in [0.15, 0.2) is 0 Å². The van der Waals surface area contributed by atoms with E-state index in [1.807, 2.05) is 61.9 Å². The number of carbonyl (C=O) groups is 4. The molecule has 56 heavy (non-hydrogen) atoms. The van der Waals surface area contributed by atoms with Crippen molar-refractivity contribution in [3.8, 4) is 23.1 Å². The normalized spacial score (nSPS) is 24.2. The molecular weight excluding hydrogens is 713 g/mol. The Morgan fingerprint density at radius 2 is 1.25 bits per heavy atom. The van der Waals surface area contributed by atoms with Crippen molar-refractivity contribution in [3.05, 3.63) is 71.7 Å². The van der Waals surface area contributed by atoms with E-state index in [-0.39, 0.29) is 47.8 Å². The van der Waals surface area contributed by atoms with Gasteiger partial charge in [-0.2, -0.15) is 0 Å². The van der Waals surface area contributed by atoms with Crippen molar-refractivity contribution in [1.82, 2.24) is 40.4 Å². The zero-order valence-electron chi connectivity index (χ0n) is 32.5. The number of rotatable bonds is 9. The highest BCUT2D eigenvalue weighted by Crippen LogP contribution is 2.54. The van der Waals surface area contributed by atoms with Crippen molar-refractivity contribution in [1.29, 1.82) is 0 Å². The Labute approximate surface area is 325 Å². The summed E-state index contributed by atoms with van der Waals surface area (Å²) < 4.78 is 9.57. The molecule has 2 aliphatic heterocycles. The number of alkyl carbamates (subject to hydrolysis) is 2.